The van der Waals surface area contributed by atoms with E-state index in [1.807, 2.05) is 20.8 Å². The van der Waals surface area contributed by atoms with E-state index in [0.29, 0.717) is 11.5 Å². The minimum absolute atomic E-state index is 0.177. The molecule has 2 aromatic rings. The Morgan fingerprint density at radius 3 is 2.43 bits per heavy atom. The second-order valence-corrected chi connectivity index (χ2v) is 8.47. The Bertz CT molecular complexity index is 777. The van der Waals surface area contributed by atoms with Crippen molar-refractivity contribution < 1.29 is 12.9 Å². The van der Waals surface area contributed by atoms with Crippen LogP contribution in [-0.2, 0) is 15.4 Å². The standard InChI is InChI=1S/C15H20N4O3S/c1-15(2,3)11-9-12(22-18-11)23(20,21)19-13(10-5-6-10)14-16-7-4-8-17-14/h4,7-10,13,19H,5-6H2,1-3H3. The molecule has 1 N–H and O–H groups in total. The second-order valence-electron chi connectivity index (χ2n) is 6.82. The summed E-state index contributed by atoms with van der Waals surface area (Å²) in [6.07, 6.45) is 5.13. The largest absolute Gasteiger partial charge is 0.343 e. The Balaban J connectivity index is 1.86. The van der Waals surface area contributed by atoms with Crippen LogP contribution in [-0.4, -0.2) is 23.5 Å². The predicted molar refractivity (Wildman–Crippen MR) is 83.0 cm³/mol. The van der Waals surface area contributed by atoms with Gasteiger partial charge in [0, 0.05) is 23.9 Å². The summed E-state index contributed by atoms with van der Waals surface area (Å²) in [5.41, 5.74) is 0.312. The minimum atomic E-state index is -3.81. The smallest absolute Gasteiger partial charge is 0.277 e. The Morgan fingerprint density at radius 1 is 1.26 bits per heavy atom. The molecule has 1 atom stereocenters. The quantitative estimate of drug-likeness (QED) is 0.899. The topological polar surface area (TPSA) is 98.0 Å². The summed E-state index contributed by atoms with van der Waals surface area (Å²) in [4.78, 5) is 8.36. The van der Waals surface area contributed by atoms with Gasteiger partial charge in [-0.15, -0.1) is 0 Å². The first-order valence-electron chi connectivity index (χ1n) is 7.54. The van der Waals surface area contributed by atoms with Crippen molar-refractivity contribution >= 4 is 10.0 Å². The third-order valence-electron chi connectivity index (χ3n) is 3.76. The highest BCUT2D eigenvalue weighted by atomic mass is 32.2. The molecule has 0 aliphatic heterocycles. The molecule has 0 bridgehead atoms. The molecule has 0 spiro atoms. The van der Waals surface area contributed by atoms with E-state index in [0.717, 1.165) is 12.8 Å². The second kappa shape index (κ2) is 5.68. The van der Waals surface area contributed by atoms with Crippen LogP contribution < -0.4 is 4.72 Å². The molecule has 1 saturated carbocycles. The summed E-state index contributed by atoms with van der Waals surface area (Å²) in [5, 5.41) is 3.69. The highest BCUT2D eigenvalue weighted by Crippen LogP contribution is 2.40. The first kappa shape index (κ1) is 16.1. The van der Waals surface area contributed by atoms with Crippen molar-refractivity contribution in [3.63, 3.8) is 0 Å². The van der Waals surface area contributed by atoms with Crippen LogP contribution in [0.25, 0.3) is 0 Å². The minimum Gasteiger partial charge on any atom is -0.343 e. The van der Waals surface area contributed by atoms with Gasteiger partial charge in [0.25, 0.3) is 15.1 Å². The number of aromatic nitrogens is 3. The zero-order valence-electron chi connectivity index (χ0n) is 13.4. The molecule has 0 radical (unpaired) electrons. The number of nitrogens with zero attached hydrogens (tertiary/aromatic N) is 3. The Labute approximate surface area is 135 Å². The molecule has 1 unspecified atom stereocenters. The van der Waals surface area contributed by atoms with E-state index in [4.69, 9.17) is 4.52 Å². The van der Waals surface area contributed by atoms with Gasteiger partial charge >= 0.3 is 0 Å². The van der Waals surface area contributed by atoms with Gasteiger partial charge in [0.15, 0.2) is 0 Å². The van der Waals surface area contributed by atoms with Crippen LogP contribution in [0.15, 0.2) is 34.1 Å². The molecule has 3 rings (SSSR count). The summed E-state index contributed by atoms with van der Waals surface area (Å²) in [7, 11) is -3.81. The van der Waals surface area contributed by atoms with Gasteiger partial charge in [-0.25, -0.2) is 18.4 Å². The fraction of sp³-hybridized carbons (Fsp3) is 0.533. The fourth-order valence-corrected chi connectivity index (χ4v) is 3.37. The van der Waals surface area contributed by atoms with Crippen LogP contribution in [0.5, 0.6) is 0 Å². The van der Waals surface area contributed by atoms with Gasteiger partial charge in [0.05, 0.1) is 11.7 Å². The zero-order valence-corrected chi connectivity index (χ0v) is 14.2. The van der Waals surface area contributed by atoms with Crippen molar-refractivity contribution in [2.75, 3.05) is 0 Å². The van der Waals surface area contributed by atoms with E-state index >= 15 is 0 Å². The van der Waals surface area contributed by atoms with Gasteiger partial charge in [0.1, 0.15) is 5.82 Å². The first-order valence-corrected chi connectivity index (χ1v) is 9.02. The van der Waals surface area contributed by atoms with Crippen LogP contribution in [0.1, 0.15) is 51.2 Å². The van der Waals surface area contributed by atoms with Crippen molar-refractivity contribution in [1.82, 2.24) is 19.8 Å². The molecule has 124 valence electrons. The zero-order chi connectivity index (χ0) is 16.7. The lowest BCUT2D eigenvalue weighted by atomic mass is 9.93. The fourth-order valence-electron chi connectivity index (χ4n) is 2.22. The number of nitrogens with one attached hydrogen (secondary N) is 1. The summed E-state index contributed by atoms with van der Waals surface area (Å²) in [6, 6.07) is 2.73. The Kier molecular flexibility index (Phi) is 3.97. The maximum atomic E-state index is 12.6. The lowest BCUT2D eigenvalue weighted by molar-refractivity contribution is 0.323. The third-order valence-corrected chi connectivity index (χ3v) is 5.05. The van der Waals surface area contributed by atoms with Crippen LogP contribution >= 0.6 is 0 Å². The Morgan fingerprint density at radius 2 is 1.91 bits per heavy atom. The molecule has 1 fully saturated rings. The van der Waals surface area contributed by atoms with Crippen LogP contribution in [0, 0.1) is 5.92 Å². The Hall–Kier alpha value is -1.80. The SMILES string of the molecule is CC(C)(C)c1cc(S(=O)(=O)NC(c2ncccn2)C2CC2)on1. The number of hydrogen-bond acceptors (Lipinski definition) is 6. The molecule has 7 nitrogen and oxygen atoms in total. The van der Waals surface area contributed by atoms with Gasteiger partial charge < -0.3 is 4.52 Å². The van der Waals surface area contributed by atoms with E-state index in [1.54, 1.807) is 18.5 Å². The first-order chi connectivity index (χ1) is 10.8. The average molecular weight is 336 g/mol. The molecular formula is C15H20N4O3S. The molecule has 0 amide bonds. The summed E-state index contributed by atoms with van der Waals surface area (Å²) in [6.45, 7) is 5.83. The van der Waals surface area contributed by atoms with Crippen molar-refractivity contribution in [3.05, 3.63) is 36.0 Å². The maximum absolute atomic E-state index is 12.6. The molecule has 0 saturated heterocycles. The monoisotopic (exact) mass is 336 g/mol. The summed E-state index contributed by atoms with van der Waals surface area (Å²) >= 11 is 0. The molecular weight excluding hydrogens is 316 g/mol. The number of sulfonamides is 1. The normalized spacial score (nSPS) is 17.2. The molecule has 1 aliphatic rings. The molecule has 8 heteroatoms. The van der Waals surface area contributed by atoms with Crippen LogP contribution in [0.4, 0.5) is 0 Å². The molecule has 2 heterocycles. The molecule has 2 aromatic heterocycles. The van der Waals surface area contributed by atoms with E-state index in [1.165, 1.54) is 6.07 Å². The van der Waals surface area contributed by atoms with Gasteiger partial charge in [-0.05, 0) is 24.8 Å². The maximum Gasteiger partial charge on any atom is 0.277 e. The third kappa shape index (κ3) is 3.59. The van der Waals surface area contributed by atoms with Gasteiger partial charge in [-0.2, -0.15) is 4.72 Å². The van der Waals surface area contributed by atoms with Crippen molar-refractivity contribution in [3.8, 4) is 0 Å². The number of hydrogen-bond donors (Lipinski definition) is 1. The van der Waals surface area contributed by atoms with E-state index in [9.17, 15) is 8.42 Å². The van der Waals surface area contributed by atoms with Crippen LogP contribution in [0.2, 0.25) is 0 Å². The lowest BCUT2D eigenvalue weighted by Crippen LogP contribution is -2.31. The van der Waals surface area contributed by atoms with E-state index in [2.05, 4.69) is 19.8 Å². The van der Waals surface area contributed by atoms with Crippen molar-refractivity contribution in [2.24, 2.45) is 5.92 Å². The van der Waals surface area contributed by atoms with E-state index < -0.39 is 16.1 Å². The van der Waals surface area contributed by atoms with Gasteiger partial charge in [-0.1, -0.05) is 25.9 Å². The molecule has 1 aliphatic carbocycles. The van der Waals surface area contributed by atoms with Gasteiger partial charge in [0.2, 0.25) is 0 Å². The van der Waals surface area contributed by atoms with Crippen molar-refractivity contribution in [1.29, 1.82) is 0 Å². The van der Waals surface area contributed by atoms with Crippen LogP contribution in [0.3, 0.4) is 0 Å². The average Bonchev–Trinajstić information content (AvgIpc) is 3.18. The summed E-state index contributed by atoms with van der Waals surface area (Å²) < 4.78 is 32.9. The molecule has 0 aromatic carbocycles. The predicted octanol–water partition coefficient (Wildman–Crippen LogP) is 2.19. The summed E-state index contributed by atoms with van der Waals surface area (Å²) in [5.74, 6) is 0.700. The van der Waals surface area contributed by atoms with Crippen molar-refractivity contribution in [2.45, 2.75) is 50.2 Å². The number of rotatable bonds is 5. The molecule has 23 heavy (non-hydrogen) atoms. The highest BCUT2D eigenvalue weighted by molar-refractivity contribution is 7.89. The highest BCUT2D eigenvalue weighted by Gasteiger charge is 2.38. The van der Waals surface area contributed by atoms with Gasteiger partial charge in [-0.3, -0.25) is 0 Å². The van der Waals surface area contributed by atoms with E-state index in [-0.39, 0.29) is 16.4 Å². The lowest BCUT2D eigenvalue weighted by Gasteiger charge is -2.15.